The molecule has 2 heterocycles. The van der Waals surface area contributed by atoms with E-state index in [1.165, 1.54) is 12.1 Å². The van der Waals surface area contributed by atoms with Crippen molar-refractivity contribution in [2.24, 2.45) is 7.05 Å². The van der Waals surface area contributed by atoms with Gasteiger partial charge < -0.3 is 5.32 Å². The first-order valence-corrected chi connectivity index (χ1v) is 6.30. The molecule has 0 spiro atoms. The van der Waals surface area contributed by atoms with Crippen LogP contribution < -0.4 is 10.6 Å². The number of anilines is 1. The quantitative estimate of drug-likeness (QED) is 0.802. The van der Waals surface area contributed by atoms with Crippen LogP contribution in [0, 0.1) is 0 Å². The van der Waals surface area contributed by atoms with Crippen molar-refractivity contribution in [3.05, 3.63) is 47.3 Å². The normalized spacial score (nSPS) is 13.0. The fourth-order valence-electron chi connectivity index (χ4n) is 2.20. The molecule has 1 aliphatic heterocycles. The summed E-state index contributed by atoms with van der Waals surface area (Å²) in [4.78, 5) is 34.9. The summed E-state index contributed by atoms with van der Waals surface area (Å²) in [5, 5.41) is 8.89. The molecule has 1 aromatic heterocycles. The first-order valence-electron chi connectivity index (χ1n) is 6.30. The van der Waals surface area contributed by atoms with Crippen molar-refractivity contribution in [3.8, 4) is 0 Å². The number of nitrogens with one attached hydrogen (secondary N) is 2. The maximum atomic E-state index is 11.9. The van der Waals surface area contributed by atoms with Crippen LogP contribution in [0.15, 0.2) is 30.6 Å². The van der Waals surface area contributed by atoms with Gasteiger partial charge in [-0.25, -0.2) is 0 Å². The number of hydrogen-bond donors (Lipinski definition) is 2. The molecule has 21 heavy (non-hydrogen) atoms. The molecule has 0 aliphatic carbocycles. The van der Waals surface area contributed by atoms with Gasteiger partial charge in [0, 0.05) is 18.9 Å². The van der Waals surface area contributed by atoms with E-state index in [0.29, 0.717) is 11.3 Å². The topological polar surface area (TPSA) is 93.1 Å². The third-order valence-corrected chi connectivity index (χ3v) is 3.14. The van der Waals surface area contributed by atoms with Crippen LogP contribution in [0.3, 0.4) is 0 Å². The summed E-state index contributed by atoms with van der Waals surface area (Å²) in [6, 6.07) is 4.62. The fraction of sp³-hybridized carbons (Fsp3) is 0.143. The minimum absolute atomic E-state index is 0.191. The maximum Gasteiger partial charge on any atom is 0.259 e. The highest BCUT2D eigenvalue weighted by molar-refractivity contribution is 6.22. The van der Waals surface area contributed by atoms with Crippen molar-refractivity contribution in [2.75, 3.05) is 5.32 Å². The largest absolute Gasteiger partial charge is 0.326 e. The molecular formula is C14H12N4O3. The third-order valence-electron chi connectivity index (χ3n) is 3.14. The Kier molecular flexibility index (Phi) is 3.02. The Bertz CT molecular complexity index is 763. The number of carbonyl (C=O) groups is 3. The van der Waals surface area contributed by atoms with Crippen LogP contribution in [0.1, 0.15) is 26.3 Å². The van der Waals surface area contributed by atoms with Crippen LogP contribution in [-0.4, -0.2) is 27.5 Å². The van der Waals surface area contributed by atoms with E-state index in [1.54, 1.807) is 30.2 Å². The van der Waals surface area contributed by atoms with Gasteiger partial charge in [0.15, 0.2) is 0 Å². The Labute approximate surface area is 119 Å². The second-order valence-electron chi connectivity index (χ2n) is 4.79. The van der Waals surface area contributed by atoms with Crippen molar-refractivity contribution < 1.29 is 14.4 Å². The minimum Gasteiger partial charge on any atom is -0.326 e. The molecule has 1 aromatic carbocycles. The van der Waals surface area contributed by atoms with Gasteiger partial charge in [0.2, 0.25) is 5.91 Å². The van der Waals surface area contributed by atoms with Gasteiger partial charge in [0.1, 0.15) is 0 Å². The Morgan fingerprint density at radius 1 is 1.29 bits per heavy atom. The van der Waals surface area contributed by atoms with Gasteiger partial charge in [-0.1, -0.05) is 0 Å². The average Bonchev–Trinajstić information content (AvgIpc) is 2.94. The molecular weight excluding hydrogens is 272 g/mol. The second-order valence-corrected chi connectivity index (χ2v) is 4.79. The first kappa shape index (κ1) is 13.0. The monoisotopic (exact) mass is 284 g/mol. The van der Waals surface area contributed by atoms with E-state index in [9.17, 15) is 14.4 Å². The third kappa shape index (κ3) is 2.53. The number of carbonyl (C=O) groups excluding carboxylic acids is 3. The van der Waals surface area contributed by atoms with Crippen LogP contribution in [0.2, 0.25) is 0 Å². The van der Waals surface area contributed by atoms with Gasteiger partial charge in [-0.2, -0.15) is 5.10 Å². The van der Waals surface area contributed by atoms with Gasteiger partial charge in [-0.15, -0.1) is 0 Å². The van der Waals surface area contributed by atoms with Crippen molar-refractivity contribution in [2.45, 2.75) is 6.42 Å². The van der Waals surface area contributed by atoms with Crippen LogP contribution in [0.4, 0.5) is 5.69 Å². The summed E-state index contributed by atoms with van der Waals surface area (Å²) in [5.74, 6) is -1.07. The average molecular weight is 284 g/mol. The lowest BCUT2D eigenvalue weighted by atomic mass is 10.1. The molecule has 106 valence electrons. The van der Waals surface area contributed by atoms with E-state index >= 15 is 0 Å². The molecule has 0 atom stereocenters. The molecule has 7 nitrogen and oxygen atoms in total. The highest BCUT2D eigenvalue weighted by Gasteiger charge is 2.26. The minimum atomic E-state index is -0.446. The highest BCUT2D eigenvalue weighted by Crippen LogP contribution is 2.20. The van der Waals surface area contributed by atoms with Crippen molar-refractivity contribution in [3.63, 3.8) is 0 Å². The second kappa shape index (κ2) is 4.86. The van der Waals surface area contributed by atoms with E-state index in [0.717, 1.165) is 5.56 Å². The number of aryl methyl sites for hydroxylation is 1. The summed E-state index contributed by atoms with van der Waals surface area (Å²) in [7, 11) is 1.78. The molecule has 1 aliphatic rings. The molecule has 0 saturated heterocycles. The van der Waals surface area contributed by atoms with Crippen molar-refractivity contribution in [1.82, 2.24) is 15.1 Å². The van der Waals surface area contributed by atoms with Gasteiger partial charge in [0.25, 0.3) is 11.8 Å². The molecule has 0 fully saturated rings. The zero-order valence-electron chi connectivity index (χ0n) is 11.2. The number of fused-ring (bicyclic) bond motifs is 1. The molecule has 2 N–H and O–H groups in total. The molecule has 0 radical (unpaired) electrons. The Balaban J connectivity index is 1.74. The highest BCUT2D eigenvalue weighted by atomic mass is 16.2. The SMILES string of the molecule is Cn1cc(CC(=O)Nc2ccc3c(c2)C(=O)NC3=O)cn1. The molecule has 7 heteroatoms. The van der Waals surface area contributed by atoms with E-state index in [-0.39, 0.29) is 17.9 Å². The first-order chi connectivity index (χ1) is 10.0. The van der Waals surface area contributed by atoms with Crippen LogP contribution in [0.25, 0.3) is 0 Å². The van der Waals surface area contributed by atoms with Crippen molar-refractivity contribution >= 4 is 23.4 Å². The fourth-order valence-corrected chi connectivity index (χ4v) is 2.20. The van der Waals surface area contributed by atoms with E-state index in [1.807, 2.05) is 0 Å². The van der Waals surface area contributed by atoms with Gasteiger partial charge in [-0.3, -0.25) is 24.4 Å². The van der Waals surface area contributed by atoms with Crippen LogP contribution in [0.5, 0.6) is 0 Å². The van der Waals surface area contributed by atoms with E-state index in [4.69, 9.17) is 0 Å². The number of hydrogen-bond acceptors (Lipinski definition) is 4. The van der Waals surface area contributed by atoms with Gasteiger partial charge in [-0.05, 0) is 23.8 Å². The number of rotatable bonds is 3. The van der Waals surface area contributed by atoms with Gasteiger partial charge in [0.05, 0.1) is 23.7 Å². The number of amides is 3. The number of nitrogens with zero attached hydrogens (tertiary/aromatic N) is 2. The molecule has 0 saturated carbocycles. The summed E-state index contributed by atoms with van der Waals surface area (Å²) in [6.07, 6.45) is 3.57. The zero-order chi connectivity index (χ0) is 15.0. The van der Waals surface area contributed by atoms with Gasteiger partial charge >= 0.3 is 0 Å². The summed E-state index contributed by atoms with van der Waals surface area (Å²) < 4.78 is 1.62. The lowest BCUT2D eigenvalue weighted by Crippen LogP contribution is -2.19. The molecule has 3 amide bonds. The number of imide groups is 1. The van der Waals surface area contributed by atoms with Crippen molar-refractivity contribution in [1.29, 1.82) is 0 Å². The zero-order valence-corrected chi connectivity index (χ0v) is 11.2. The molecule has 2 aromatic rings. The Hall–Kier alpha value is -2.96. The van der Waals surface area contributed by atoms with Crippen LogP contribution >= 0.6 is 0 Å². The molecule has 0 bridgehead atoms. The maximum absolute atomic E-state index is 11.9. The molecule has 0 unspecified atom stereocenters. The standard InChI is InChI=1S/C14H12N4O3/c1-18-7-8(6-15-18)4-12(19)16-9-2-3-10-11(5-9)14(21)17-13(10)20/h2-3,5-7H,4H2,1H3,(H,16,19)(H,17,20,21). The number of benzene rings is 1. The summed E-state index contributed by atoms with van der Waals surface area (Å²) >= 11 is 0. The Morgan fingerprint density at radius 2 is 2.05 bits per heavy atom. The smallest absolute Gasteiger partial charge is 0.259 e. The lowest BCUT2D eigenvalue weighted by Gasteiger charge is -2.05. The number of aromatic nitrogens is 2. The van der Waals surface area contributed by atoms with E-state index < -0.39 is 11.8 Å². The summed E-state index contributed by atoms with van der Waals surface area (Å²) in [5.41, 5.74) is 1.88. The predicted octanol–water partition coefficient (Wildman–Crippen LogP) is 0.485. The van der Waals surface area contributed by atoms with Crippen LogP contribution in [-0.2, 0) is 18.3 Å². The van der Waals surface area contributed by atoms with E-state index in [2.05, 4.69) is 15.7 Å². The Morgan fingerprint density at radius 3 is 2.76 bits per heavy atom. The molecule has 3 rings (SSSR count). The lowest BCUT2D eigenvalue weighted by molar-refractivity contribution is -0.115. The summed E-state index contributed by atoms with van der Waals surface area (Å²) in [6.45, 7) is 0. The predicted molar refractivity (Wildman–Crippen MR) is 73.8 cm³/mol.